The molecule has 110 valence electrons. The van der Waals surface area contributed by atoms with Crippen molar-refractivity contribution in [3.63, 3.8) is 0 Å². The van der Waals surface area contributed by atoms with Crippen molar-refractivity contribution in [3.05, 3.63) is 75.2 Å². The van der Waals surface area contributed by atoms with Crippen LogP contribution >= 0.6 is 27.3 Å². The second-order valence-corrected chi connectivity index (χ2v) is 6.60. The number of nitrogens with one attached hydrogen (secondary N) is 1. The fourth-order valence-corrected chi connectivity index (χ4v) is 2.95. The zero-order valence-corrected chi connectivity index (χ0v) is 13.9. The van der Waals surface area contributed by atoms with E-state index in [0.29, 0.717) is 17.1 Å². The maximum Gasteiger partial charge on any atom is 0.257 e. The minimum absolute atomic E-state index is 0.185. The molecule has 0 fully saturated rings. The molecule has 0 saturated heterocycles. The molecule has 0 radical (unpaired) electrons. The Labute approximate surface area is 140 Å². The van der Waals surface area contributed by atoms with Gasteiger partial charge in [0.15, 0.2) is 0 Å². The predicted molar refractivity (Wildman–Crippen MR) is 91.3 cm³/mol. The molecule has 22 heavy (non-hydrogen) atoms. The Hall–Kier alpha value is -2.05. The lowest BCUT2D eigenvalue weighted by Gasteiger charge is -2.00. The van der Waals surface area contributed by atoms with E-state index in [1.165, 1.54) is 16.9 Å². The molecule has 0 aliphatic rings. The van der Waals surface area contributed by atoms with Crippen molar-refractivity contribution in [2.75, 3.05) is 5.32 Å². The Balaban J connectivity index is 1.66. The van der Waals surface area contributed by atoms with Gasteiger partial charge < -0.3 is 0 Å². The third kappa shape index (κ3) is 3.78. The number of halogens is 1. The van der Waals surface area contributed by atoms with Crippen LogP contribution in [0, 0.1) is 0 Å². The van der Waals surface area contributed by atoms with Crippen LogP contribution in [-0.2, 0) is 6.42 Å². The quantitative estimate of drug-likeness (QED) is 0.747. The molecule has 0 aliphatic heterocycles. The molecule has 1 heterocycles. The van der Waals surface area contributed by atoms with E-state index < -0.39 is 0 Å². The Morgan fingerprint density at radius 3 is 2.50 bits per heavy atom. The van der Waals surface area contributed by atoms with Gasteiger partial charge in [-0.25, -0.2) is 0 Å². The van der Waals surface area contributed by atoms with E-state index in [9.17, 15) is 4.79 Å². The highest BCUT2D eigenvalue weighted by Gasteiger charge is 2.10. The van der Waals surface area contributed by atoms with E-state index in [4.69, 9.17) is 0 Å². The number of carbonyl (C=O) groups excluding carboxylic acids is 1. The zero-order chi connectivity index (χ0) is 15.4. The molecular formula is C16H12BrN3OS. The Bertz CT molecular complexity index is 772. The monoisotopic (exact) mass is 373 g/mol. The average Bonchev–Trinajstić information content (AvgIpc) is 2.96. The van der Waals surface area contributed by atoms with Gasteiger partial charge in [-0.05, 0) is 29.8 Å². The first-order chi connectivity index (χ1) is 10.7. The summed E-state index contributed by atoms with van der Waals surface area (Å²) in [5.41, 5.74) is 1.76. The highest BCUT2D eigenvalue weighted by atomic mass is 79.9. The summed E-state index contributed by atoms with van der Waals surface area (Å²) in [7, 11) is 0. The third-order valence-electron chi connectivity index (χ3n) is 2.99. The molecule has 3 aromatic rings. The van der Waals surface area contributed by atoms with E-state index in [0.717, 1.165) is 9.48 Å². The summed E-state index contributed by atoms with van der Waals surface area (Å²) in [4.78, 5) is 12.1. The van der Waals surface area contributed by atoms with Crippen LogP contribution in [0.1, 0.15) is 20.9 Å². The van der Waals surface area contributed by atoms with Gasteiger partial charge in [0.2, 0.25) is 5.13 Å². The van der Waals surface area contributed by atoms with Crippen LogP contribution < -0.4 is 5.32 Å². The summed E-state index contributed by atoms with van der Waals surface area (Å²) in [6.45, 7) is 0. The second kappa shape index (κ2) is 6.81. The summed E-state index contributed by atoms with van der Waals surface area (Å²) in [5.74, 6) is -0.185. The Morgan fingerprint density at radius 2 is 1.77 bits per heavy atom. The maximum atomic E-state index is 12.1. The fraction of sp³-hybridized carbons (Fsp3) is 0.0625. The van der Waals surface area contributed by atoms with E-state index in [2.05, 4.69) is 31.4 Å². The summed E-state index contributed by atoms with van der Waals surface area (Å²) in [6, 6.07) is 17.2. The van der Waals surface area contributed by atoms with Crippen LogP contribution in [0.15, 0.2) is 59.1 Å². The van der Waals surface area contributed by atoms with Gasteiger partial charge in [0.25, 0.3) is 5.91 Å². The fourth-order valence-electron chi connectivity index (χ4n) is 1.92. The number of anilines is 1. The Kier molecular flexibility index (Phi) is 4.60. The minimum Gasteiger partial charge on any atom is -0.296 e. The first kappa shape index (κ1) is 14.9. The molecule has 3 rings (SSSR count). The summed E-state index contributed by atoms with van der Waals surface area (Å²) < 4.78 is 0.935. The first-order valence-electron chi connectivity index (χ1n) is 6.64. The van der Waals surface area contributed by atoms with Crippen LogP contribution in [0.5, 0.6) is 0 Å². The van der Waals surface area contributed by atoms with Crippen molar-refractivity contribution in [1.29, 1.82) is 0 Å². The summed E-state index contributed by atoms with van der Waals surface area (Å²) in [5, 5.41) is 12.3. The average molecular weight is 374 g/mol. The molecule has 6 heteroatoms. The number of benzene rings is 2. The van der Waals surface area contributed by atoms with Crippen molar-refractivity contribution in [1.82, 2.24) is 10.2 Å². The van der Waals surface area contributed by atoms with Crippen LogP contribution in [-0.4, -0.2) is 16.1 Å². The highest BCUT2D eigenvalue weighted by molar-refractivity contribution is 9.10. The number of amides is 1. The summed E-state index contributed by atoms with van der Waals surface area (Å²) in [6.07, 6.45) is 0.715. The molecular weight excluding hydrogens is 362 g/mol. The van der Waals surface area contributed by atoms with Gasteiger partial charge in [-0.2, -0.15) is 0 Å². The van der Waals surface area contributed by atoms with Crippen molar-refractivity contribution >= 4 is 38.3 Å². The molecule has 2 aromatic carbocycles. The zero-order valence-electron chi connectivity index (χ0n) is 11.5. The van der Waals surface area contributed by atoms with E-state index in [1.54, 1.807) is 12.1 Å². The van der Waals surface area contributed by atoms with E-state index in [1.807, 2.05) is 42.5 Å². The van der Waals surface area contributed by atoms with Crippen LogP contribution in [0.25, 0.3) is 0 Å². The predicted octanol–water partition coefficient (Wildman–Crippen LogP) is 4.14. The molecule has 0 unspecified atom stereocenters. The van der Waals surface area contributed by atoms with Crippen LogP contribution in [0.3, 0.4) is 0 Å². The minimum atomic E-state index is -0.185. The molecule has 0 atom stereocenters. The molecule has 0 bridgehead atoms. The lowest BCUT2D eigenvalue weighted by molar-refractivity contribution is 0.102. The van der Waals surface area contributed by atoms with Gasteiger partial charge >= 0.3 is 0 Å². The molecule has 0 saturated carbocycles. The number of rotatable bonds is 4. The number of carbonyl (C=O) groups is 1. The number of aromatic nitrogens is 2. The number of nitrogens with zero attached hydrogens (tertiary/aromatic N) is 2. The highest BCUT2D eigenvalue weighted by Crippen LogP contribution is 2.19. The van der Waals surface area contributed by atoms with Crippen molar-refractivity contribution in [2.24, 2.45) is 0 Å². The largest absolute Gasteiger partial charge is 0.296 e. The van der Waals surface area contributed by atoms with Gasteiger partial charge in [-0.1, -0.05) is 57.6 Å². The number of hydrogen-bond donors (Lipinski definition) is 1. The van der Waals surface area contributed by atoms with Crippen molar-refractivity contribution < 1.29 is 4.79 Å². The van der Waals surface area contributed by atoms with E-state index in [-0.39, 0.29) is 5.91 Å². The molecule has 0 spiro atoms. The second-order valence-electron chi connectivity index (χ2n) is 4.62. The van der Waals surface area contributed by atoms with Crippen molar-refractivity contribution in [2.45, 2.75) is 6.42 Å². The maximum absolute atomic E-state index is 12.1. The third-order valence-corrected chi connectivity index (χ3v) is 4.36. The first-order valence-corrected chi connectivity index (χ1v) is 8.25. The lowest BCUT2D eigenvalue weighted by atomic mass is 10.2. The smallest absolute Gasteiger partial charge is 0.257 e. The van der Waals surface area contributed by atoms with Gasteiger partial charge in [-0.15, -0.1) is 10.2 Å². The van der Waals surface area contributed by atoms with E-state index >= 15 is 0 Å². The normalized spacial score (nSPS) is 10.4. The van der Waals surface area contributed by atoms with Gasteiger partial charge in [-0.3, -0.25) is 10.1 Å². The topological polar surface area (TPSA) is 54.9 Å². The van der Waals surface area contributed by atoms with Gasteiger partial charge in [0.05, 0.1) is 0 Å². The van der Waals surface area contributed by atoms with Crippen molar-refractivity contribution in [3.8, 4) is 0 Å². The van der Waals surface area contributed by atoms with Crippen LogP contribution in [0.2, 0.25) is 0 Å². The Morgan fingerprint density at radius 1 is 1.05 bits per heavy atom. The molecule has 0 aliphatic carbocycles. The molecule has 1 aromatic heterocycles. The SMILES string of the molecule is O=C(Nc1nnc(Cc2ccccc2)s1)c1ccc(Br)cc1. The van der Waals surface area contributed by atoms with Gasteiger partial charge in [0.1, 0.15) is 5.01 Å². The number of hydrogen-bond acceptors (Lipinski definition) is 4. The molecule has 1 N–H and O–H groups in total. The molecule has 1 amide bonds. The molecule has 4 nitrogen and oxygen atoms in total. The van der Waals surface area contributed by atoms with Gasteiger partial charge in [0, 0.05) is 16.5 Å². The summed E-state index contributed by atoms with van der Waals surface area (Å²) >= 11 is 4.73. The lowest BCUT2D eigenvalue weighted by Crippen LogP contribution is -2.11. The van der Waals surface area contributed by atoms with Crippen LogP contribution in [0.4, 0.5) is 5.13 Å². The standard InChI is InChI=1S/C16H12BrN3OS/c17-13-8-6-12(7-9-13)15(21)18-16-20-19-14(22-16)10-11-4-2-1-3-5-11/h1-9H,10H2,(H,18,20,21).